The van der Waals surface area contributed by atoms with E-state index in [1.807, 2.05) is 0 Å². The van der Waals surface area contributed by atoms with E-state index in [0.717, 1.165) is 0 Å². The highest BCUT2D eigenvalue weighted by molar-refractivity contribution is 6.04. The summed E-state index contributed by atoms with van der Waals surface area (Å²) in [7, 11) is 2.96. The molecule has 1 rings (SSSR count). The van der Waals surface area contributed by atoms with Gasteiger partial charge in [-0.1, -0.05) is 13.8 Å². The molecule has 19 heavy (non-hydrogen) atoms. The van der Waals surface area contributed by atoms with Crippen LogP contribution in [0.1, 0.15) is 30.6 Å². The Kier molecular flexibility index (Phi) is 4.53. The zero-order chi connectivity index (χ0) is 14.6. The summed E-state index contributed by atoms with van der Waals surface area (Å²) in [4.78, 5) is 23.3. The second kappa shape index (κ2) is 5.73. The quantitative estimate of drug-likeness (QED) is 0.800. The van der Waals surface area contributed by atoms with Gasteiger partial charge in [0.2, 0.25) is 0 Å². The number of carbonyl (C=O) groups excluding carboxylic acids is 1. The summed E-state index contributed by atoms with van der Waals surface area (Å²) in [6, 6.07) is 4.87. The molecule has 1 aromatic rings. The molecule has 0 aliphatic heterocycles. The average Bonchev–Trinajstić information content (AvgIpc) is 2.35. The number of aliphatic carboxylic acids is 1. The van der Waals surface area contributed by atoms with Gasteiger partial charge in [-0.25, -0.2) is 0 Å². The van der Waals surface area contributed by atoms with Crippen molar-refractivity contribution in [1.29, 1.82) is 0 Å². The minimum Gasteiger partial charge on any atom is -0.497 e. The number of ether oxygens (including phenoxy) is 2. The topological polar surface area (TPSA) is 72.8 Å². The van der Waals surface area contributed by atoms with Crippen LogP contribution in [0.2, 0.25) is 0 Å². The normalized spacial score (nSPS) is 10.9. The van der Waals surface area contributed by atoms with Gasteiger partial charge in [-0.2, -0.15) is 0 Å². The van der Waals surface area contributed by atoms with Crippen molar-refractivity contribution in [3.8, 4) is 11.5 Å². The second-order valence-electron chi connectivity index (χ2n) is 4.85. The van der Waals surface area contributed by atoms with Crippen LogP contribution in [0.3, 0.4) is 0 Å². The molecule has 0 radical (unpaired) electrons. The van der Waals surface area contributed by atoms with Crippen LogP contribution in [-0.4, -0.2) is 31.1 Å². The van der Waals surface area contributed by atoms with Crippen molar-refractivity contribution in [3.05, 3.63) is 23.8 Å². The van der Waals surface area contributed by atoms with Crippen molar-refractivity contribution in [1.82, 2.24) is 0 Å². The maximum absolute atomic E-state index is 12.5. The number of hydrogen-bond donors (Lipinski definition) is 1. The zero-order valence-electron chi connectivity index (χ0n) is 11.5. The van der Waals surface area contributed by atoms with Crippen molar-refractivity contribution in [2.75, 3.05) is 14.2 Å². The van der Waals surface area contributed by atoms with Crippen LogP contribution in [0, 0.1) is 5.41 Å². The van der Waals surface area contributed by atoms with Crippen LogP contribution < -0.4 is 9.47 Å². The second-order valence-corrected chi connectivity index (χ2v) is 4.85. The molecule has 0 unspecified atom stereocenters. The third-order valence-corrected chi connectivity index (χ3v) is 2.86. The predicted molar refractivity (Wildman–Crippen MR) is 69.9 cm³/mol. The molecule has 5 nitrogen and oxygen atoms in total. The molecule has 1 aromatic carbocycles. The first-order valence-corrected chi connectivity index (χ1v) is 5.80. The van der Waals surface area contributed by atoms with Gasteiger partial charge in [-0.3, -0.25) is 9.59 Å². The summed E-state index contributed by atoms with van der Waals surface area (Å²) in [5, 5.41) is 8.86. The van der Waals surface area contributed by atoms with Crippen LogP contribution in [0.4, 0.5) is 0 Å². The van der Waals surface area contributed by atoms with E-state index in [2.05, 4.69) is 0 Å². The average molecular weight is 266 g/mol. The summed E-state index contributed by atoms with van der Waals surface area (Å²) in [5.41, 5.74) is -0.682. The highest BCUT2D eigenvalue weighted by Crippen LogP contribution is 2.32. The fraction of sp³-hybridized carbons (Fsp3) is 0.429. The van der Waals surface area contributed by atoms with E-state index >= 15 is 0 Å². The highest BCUT2D eigenvalue weighted by atomic mass is 16.5. The van der Waals surface area contributed by atoms with Crippen LogP contribution in [0.5, 0.6) is 11.5 Å². The number of carbonyl (C=O) groups is 2. The summed E-state index contributed by atoms with van der Waals surface area (Å²) >= 11 is 0. The standard InChI is InChI=1S/C14H18O5/c1-14(2,8-12(15)16)13(17)10-7-9(18-3)5-6-11(10)19-4/h5-7H,8H2,1-4H3,(H,15,16). The van der Waals surface area contributed by atoms with Gasteiger partial charge >= 0.3 is 5.97 Å². The minimum absolute atomic E-state index is 0.244. The van der Waals surface area contributed by atoms with Crippen molar-refractivity contribution in [3.63, 3.8) is 0 Å². The van der Waals surface area contributed by atoms with Gasteiger partial charge in [-0.15, -0.1) is 0 Å². The van der Waals surface area contributed by atoms with Gasteiger partial charge in [0, 0.05) is 5.41 Å². The molecular formula is C14H18O5. The van der Waals surface area contributed by atoms with Crippen LogP contribution in [-0.2, 0) is 4.79 Å². The Labute approximate surface area is 112 Å². The van der Waals surface area contributed by atoms with Gasteiger partial charge in [0.25, 0.3) is 0 Å². The summed E-state index contributed by atoms with van der Waals surface area (Å²) in [6.07, 6.45) is -0.244. The Hall–Kier alpha value is -2.04. The monoisotopic (exact) mass is 266 g/mol. The number of rotatable bonds is 6. The van der Waals surface area contributed by atoms with Crippen molar-refractivity contribution < 1.29 is 24.2 Å². The van der Waals surface area contributed by atoms with Gasteiger partial charge in [0.1, 0.15) is 11.5 Å². The SMILES string of the molecule is COc1ccc(OC)c(C(=O)C(C)(C)CC(=O)O)c1. The number of hydrogen-bond acceptors (Lipinski definition) is 4. The molecule has 1 N–H and O–H groups in total. The Bertz CT molecular complexity index is 491. The van der Waals surface area contributed by atoms with Gasteiger partial charge in [-0.05, 0) is 18.2 Å². The molecule has 104 valence electrons. The van der Waals surface area contributed by atoms with Crippen LogP contribution in [0.25, 0.3) is 0 Å². The van der Waals surface area contributed by atoms with Crippen molar-refractivity contribution >= 4 is 11.8 Å². The molecule has 0 amide bonds. The zero-order valence-corrected chi connectivity index (χ0v) is 11.5. The van der Waals surface area contributed by atoms with Gasteiger partial charge in [0.15, 0.2) is 5.78 Å². The van der Waals surface area contributed by atoms with Crippen molar-refractivity contribution in [2.24, 2.45) is 5.41 Å². The fourth-order valence-corrected chi connectivity index (χ4v) is 1.81. The van der Waals surface area contributed by atoms with E-state index in [1.54, 1.807) is 32.0 Å². The molecule has 0 spiro atoms. The van der Waals surface area contributed by atoms with E-state index in [-0.39, 0.29) is 12.2 Å². The number of Topliss-reactive ketones (excluding diaryl/α,β-unsaturated/α-hetero) is 1. The Morgan fingerprint density at radius 1 is 1.21 bits per heavy atom. The maximum atomic E-state index is 12.5. The van der Waals surface area contributed by atoms with E-state index in [9.17, 15) is 9.59 Å². The molecule has 5 heteroatoms. The Balaban J connectivity index is 3.20. The van der Waals surface area contributed by atoms with E-state index in [4.69, 9.17) is 14.6 Å². The molecule has 0 bridgehead atoms. The van der Waals surface area contributed by atoms with E-state index in [1.165, 1.54) is 14.2 Å². The lowest BCUT2D eigenvalue weighted by Crippen LogP contribution is -2.27. The highest BCUT2D eigenvalue weighted by Gasteiger charge is 2.33. The molecule has 0 aliphatic carbocycles. The van der Waals surface area contributed by atoms with Gasteiger partial charge < -0.3 is 14.6 Å². The van der Waals surface area contributed by atoms with Crippen LogP contribution >= 0.6 is 0 Å². The Morgan fingerprint density at radius 2 is 1.84 bits per heavy atom. The minimum atomic E-state index is -1.01. The molecule has 0 heterocycles. The molecule has 0 fully saturated rings. The predicted octanol–water partition coefficient (Wildman–Crippen LogP) is 2.39. The number of carboxylic acids is 1. The first-order valence-electron chi connectivity index (χ1n) is 5.80. The molecular weight excluding hydrogens is 248 g/mol. The fourth-order valence-electron chi connectivity index (χ4n) is 1.81. The third-order valence-electron chi connectivity index (χ3n) is 2.86. The largest absolute Gasteiger partial charge is 0.497 e. The number of carboxylic acid groups (broad SMARTS) is 1. The number of methoxy groups -OCH3 is 2. The molecule has 0 aliphatic rings. The molecule has 0 saturated carbocycles. The maximum Gasteiger partial charge on any atom is 0.304 e. The summed E-state index contributed by atoms with van der Waals surface area (Å²) < 4.78 is 10.2. The van der Waals surface area contributed by atoms with Gasteiger partial charge in [0.05, 0.1) is 26.2 Å². The molecule has 0 aromatic heterocycles. The Morgan fingerprint density at radius 3 is 2.32 bits per heavy atom. The number of ketones is 1. The van der Waals surface area contributed by atoms with E-state index in [0.29, 0.717) is 17.1 Å². The van der Waals surface area contributed by atoms with Crippen molar-refractivity contribution in [2.45, 2.75) is 20.3 Å². The lowest BCUT2D eigenvalue weighted by molar-refractivity contribution is -0.138. The first kappa shape index (κ1) is 15.0. The van der Waals surface area contributed by atoms with Crippen LogP contribution in [0.15, 0.2) is 18.2 Å². The van der Waals surface area contributed by atoms with E-state index < -0.39 is 11.4 Å². The smallest absolute Gasteiger partial charge is 0.304 e. The lowest BCUT2D eigenvalue weighted by atomic mass is 9.81. The summed E-state index contributed by atoms with van der Waals surface area (Å²) in [6.45, 7) is 3.20. The lowest BCUT2D eigenvalue weighted by Gasteiger charge is -2.22. The molecule has 0 saturated heterocycles. The number of benzene rings is 1. The summed E-state index contributed by atoms with van der Waals surface area (Å²) in [5.74, 6) is -0.370. The third kappa shape index (κ3) is 3.47. The first-order chi connectivity index (χ1) is 8.81. The molecule has 0 atom stereocenters.